The van der Waals surface area contributed by atoms with E-state index in [2.05, 4.69) is 34.4 Å². The number of nitrogens with zero attached hydrogens (tertiary/aromatic N) is 3. The van der Waals surface area contributed by atoms with Gasteiger partial charge in [-0.1, -0.05) is 77.9 Å². The van der Waals surface area contributed by atoms with Crippen molar-refractivity contribution in [3.05, 3.63) is 58.6 Å². The highest BCUT2D eigenvalue weighted by molar-refractivity contribution is 7.13. The molecule has 0 saturated carbocycles. The number of ketones is 1. The molecule has 0 spiro atoms. The van der Waals surface area contributed by atoms with Gasteiger partial charge >= 0.3 is 0 Å². The Morgan fingerprint density at radius 3 is 2.36 bits per heavy atom. The number of carbonyl (C=O) groups excluding carboxylic acids is 2. The van der Waals surface area contributed by atoms with Gasteiger partial charge in [0, 0.05) is 30.9 Å². The van der Waals surface area contributed by atoms with Crippen LogP contribution >= 0.6 is 11.3 Å². The Kier molecular flexibility index (Phi) is 8.20. The number of Topliss-reactive ketones (excluding diaryl/α,β-unsaturated/α-hetero) is 1. The van der Waals surface area contributed by atoms with Gasteiger partial charge in [-0.3, -0.25) is 9.59 Å². The molecule has 0 aliphatic carbocycles. The average Bonchev–Trinajstić information content (AvgIpc) is 3.58. The maximum atomic E-state index is 14.0. The number of rotatable bonds is 7. The summed E-state index contributed by atoms with van der Waals surface area (Å²) in [5.74, 6) is -0.385. The lowest BCUT2D eigenvalue weighted by Crippen LogP contribution is -2.46. The van der Waals surface area contributed by atoms with Crippen LogP contribution in [0.1, 0.15) is 95.9 Å². The minimum Gasteiger partial charge on any atom is -0.391 e. The maximum Gasteiger partial charge on any atom is 0.234 e. The Morgan fingerprint density at radius 2 is 1.82 bits per heavy atom. The predicted molar refractivity (Wildman–Crippen MR) is 154 cm³/mol. The number of amides is 1. The monoisotopic (exact) mass is 551 g/mol. The number of β-amino-alcohol motifs (C(OH)–C–C–N with tert-alkyl or cyclic N) is 1. The van der Waals surface area contributed by atoms with Gasteiger partial charge in [-0.2, -0.15) is 0 Å². The van der Waals surface area contributed by atoms with Crippen molar-refractivity contribution in [2.24, 2.45) is 5.41 Å². The first-order chi connectivity index (χ1) is 18.2. The Morgan fingerprint density at radius 1 is 1.15 bits per heavy atom. The first-order valence-electron chi connectivity index (χ1n) is 13.7. The maximum absolute atomic E-state index is 14.0. The van der Waals surface area contributed by atoms with Crippen LogP contribution in [0.5, 0.6) is 0 Å². The van der Waals surface area contributed by atoms with E-state index in [4.69, 9.17) is 4.52 Å². The Hall–Kier alpha value is -2.84. The number of benzene rings is 1. The number of thiazole rings is 1. The van der Waals surface area contributed by atoms with Gasteiger partial charge in [0.1, 0.15) is 11.7 Å². The Labute approximate surface area is 235 Å². The standard InChI is InChI=1S/C31H41N3O4S/c1-18(20-9-11-21(12-10-20)28-19(2)32-17-39-28)13-24(36)23-14-22(35)16-34(23)29(37)27(31(6,7)8)25-15-26(33-38-25)30(3,4)5/h9-12,15,17-18,22-23,27,35H,13-14,16H2,1-8H3. The molecule has 4 unspecified atom stereocenters. The predicted octanol–water partition coefficient (Wildman–Crippen LogP) is 6.26. The van der Waals surface area contributed by atoms with Crippen LogP contribution in [0.15, 0.2) is 40.4 Å². The highest BCUT2D eigenvalue weighted by atomic mass is 32.1. The third-order valence-corrected chi connectivity index (χ3v) is 8.60. The molecule has 1 aliphatic rings. The van der Waals surface area contributed by atoms with Crippen molar-refractivity contribution in [1.82, 2.24) is 15.0 Å². The van der Waals surface area contributed by atoms with Crippen LogP contribution in [0.4, 0.5) is 0 Å². The molecule has 1 fully saturated rings. The molecule has 2 aromatic heterocycles. The van der Waals surface area contributed by atoms with Crippen LogP contribution < -0.4 is 0 Å². The Bertz CT molecular complexity index is 1310. The lowest BCUT2D eigenvalue weighted by Gasteiger charge is -2.33. The number of carbonyl (C=O) groups is 2. The fourth-order valence-corrected chi connectivity index (χ4v) is 6.14. The summed E-state index contributed by atoms with van der Waals surface area (Å²) < 4.78 is 5.70. The molecule has 39 heavy (non-hydrogen) atoms. The SMILES string of the molecule is Cc1ncsc1-c1ccc(C(C)CC(=O)C2CC(O)CN2C(=O)C(c2cc(C(C)(C)C)no2)C(C)(C)C)cc1. The van der Waals surface area contributed by atoms with Gasteiger partial charge in [0.15, 0.2) is 5.78 Å². The van der Waals surface area contributed by atoms with E-state index >= 15 is 0 Å². The van der Waals surface area contributed by atoms with Crippen LogP contribution in [-0.4, -0.2) is 50.5 Å². The number of hydrogen-bond donors (Lipinski definition) is 1. The van der Waals surface area contributed by atoms with Crippen LogP contribution in [0.3, 0.4) is 0 Å². The number of aliphatic hydroxyl groups excluding tert-OH is 1. The summed E-state index contributed by atoms with van der Waals surface area (Å²) in [5, 5.41) is 14.8. The van der Waals surface area contributed by atoms with Gasteiger partial charge in [-0.15, -0.1) is 11.3 Å². The lowest BCUT2D eigenvalue weighted by atomic mass is 9.77. The summed E-state index contributed by atoms with van der Waals surface area (Å²) in [5.41, 5.74) is 5.12. The molecule has 210 valence electrons. The highest BCUT2D eigenvalue weighted by Gasteiger charge is 2.46. The highest BCUT2D eigenvalue weighted by Crippen LogP contribution is 2.40. The first-order valence-corrected chi connectivity index (χ1v) is 14.5. The molecule has 1 N–H and O–H groups in total. The van der Waals surface area contributed by atoms with Gasteiger partial charge in [-0.25, -0.2) is 4.98 Å². The molecular formula is C31H41N3O4S. The molecule has 0 bridgehead atoms. The van der Waals surface area contributed by atoms with Crippen molar-refractivity contribution in [2.45, 2.75) is 97.6 Å². The molecule has 1 amide bonds. The largest absolute Gasteiger partial charge is 0.391 e. The van der Waals surface area contributed by atoms with Crippen LogP contribution in [-0.2, 0) is 15.0 Å². The molecule has 4 rings (SSSR count). The van der Waals surface area contributed by atoms with Crippen LogP contribution in [0, 0.1) is 12.3 Å². The van der Waals surface area contributed by atoms with Crippen LogP contribution in [0.2, 0.25) is 0 Å². The molecule has 8 heteroatoms. The summed E-state index contributed by atoms with van der Waals surface area (Å²) in [6, 6.07) is 9.46. The molecule has 0 radical (unpaired) electrons. The smallest absolute Gasteiger partial charge is 0.234 e. The minimum atomic E-state index is -0.736. The minimum absolute atomic E-state index is 0.0224. The zero-order chi connectivity index (χ0) is 28.7. The van der Waals surface area contributed by atoms with Gasteiger partial charge in [-0.05, 0) is 29.4 Å². The number of aromatic nitrogens is 2. The molecule has 3 aromatic rings. The zero-order valence-electron chi connectivity index (χ0n) is 24.3. The van der Waals surface area contributed by atoms with Gasteiger partial charge < -0.3 is 14.5 Å². The summed E-state index contributed by atoms with van der Waals surface area (Å²) >= 11 is 1.62. The van der Waals surface area contributed by atoms with Crippen LogP contribution in [0.25, 0.3) is 10.4 Å². The van der Waals surface area contributed by atoms with Crippen molar-refractivity contribution in [2.75, 3.05) is 6.54 Å². The summed E-state index contributed by atoms with van der Waals surface area (Å²) in [6.07, 6.45) is -0.196. The van der Waals surface area contributed by atoms with E-state index in [9.17, 15) is 14.7 Å². The van der Waals surface area contributed by atoms with E-state index in [0.29, 0.717) is 5.76 Å². The second-order valence-corrected chi connectivity index (χ2v) is 13.9. The number of likely N-dealkylation sites (tertiary alicyclic amines) is 1. The summed E-state index contributed by atoms with van der Waals surface area (Å²) in [6.45, 7) is 16.3. The molecule has 3 heterocycles. The van der Waals surface area contributed by atoms with E-state index in [1.54, 1.807) is 16.2 Å². The lowest BCUT2D eigenvalue weighted by molar-refractivity contribution is -0.141. The van der Waals surface area contributed by atoms with Gasteiger partial charge in [0.05, 0.1) is 33.9 Å². The zero-order valence-corrected chi connectivity index (χ0v) is 25.1. The molecule has 4 atom stereocenters. The molecule has 1 aliphatic heterocycles. The van der Waals surface area contributed by atoms with E-state index in [1.807, 2.05) is 67.0 Å². The molecule has 1 aromatic carbocycles. The van der Waals surface area contributed by atoms with E-state index < -0.39 is 23.5 Å². The van der Waals surface area contributed by atoms with Gasteiger partial charge in [0.25, 0.3) is 0 Å². The summed E-state index contributed by atoms with van der Waals surface area (Å²) in [7, 11) is 0. The van der Waals surface area contributed by atoms with E-state index in [1.165, 1.54) is 0 Å². The van der Waals surface area contributed by atoms with Crippen molar-refractivity contribution in [3.8, 4) is 10.4 Å². The fourth-order valence-electron chi connectivity index (χ4n) is 5.32. The van der Waals surface area contributed by atoms with Gasteiger partial charge in [0.2, 0.25) is 5.91 Å². The third kappa shape index (κ3) is 6.33. The molecule has 7 nitrogen and oxygen atoms in total. The van der Waals surface area contributed by atoms with Crippen molar-refractivity contribution < 1.29 is 19.2 Å². The molecule has 1 saturated heterocycles. The quantitative estimate of drug-likeness (QED) is 0.372. The van der Waals surface area contributed by atoms with Crippen molar-refractivity contribution in [3.63, 3.8) is 0 Å². The number of aliphatic hydroxyl groups is 1. The van der Waals surface area contributed by atoms with Crippen molar-refractivity contribution >= 4 is 23.0 Å². The van der Waals surface area contributed by atoms with E-state index in [0.717, 1.165) is 27.4 Å². The third-order valence-electron chi connectivity index (χ3n) is 7.62. The first kappa shape index (κ1) is 29.2. The Balaban J connectivity index is 1.52. The molecular weight excluding hydrogens is 510 g/mol. The fraction of sp³-hybridized carbons (Fsp3) is 0.548. The topological polar surface area (TPSA) is 96.5 Å². The number of hydrogen-bond acceptors (Lipinski definition) is 7. The average molecular weight is 552 g/mol. The summed E-state index contributed by atoms with van der Waals surface area (Å²) in [4.78, 5) is 34.7. The second kappa shape index (κ2) is 11.0. The van der Waals surface area contributed by atoms with E-state index in [-0.39, 0.29) is 42.4 Å². The number of aryl methyl sites for hydroxylation is 1. The normalized spacial score (nSPS) is 19.8. The van der Waals surface area contributed by atoms with Crippen molar-refractivity contribution in [1.29, 1.82) is 0 Å². The second-order valence-electron chi connectivity index (χ2n) is 13.0.